The van der Waals surface area contributed by atoms with Crippen LogP contribution in [0.15, 0.2) is 70.7 Å². The first-order valence-electron chi connectivity index (χ1n) is 7.82. The highest BCUT2D eigenvalue weighted by Crippen LogP contribution is 2.31. The number of para-hydroxylation sites is 1. The first-order chi connectivity index (χ1) is 11.7. The van der Waals surface area contributed by atoms with Gasteiger partial charge in [-0.2, -0.15) is 0 Å². The van der Waals surface area contributed by atoms with Gasteiger partial charge in [0.05, 0.1) is 9.95 Å². The molecule has 4 rings (SSSR count). The number of fused-ring (bicyclic) bond motifs is 1. The van der Waals surface area contributed by atoms with Gasteiger partial charge >= 0.3 is 0 Å². The largest absolute Gasteiger partial charge is 0.342 e. The van der Waals surface area contributed by atoms with Crippen LogP contribution in [-0.2, 0) is 11.3 Å². The molecule has 1 amide bonds. The van der Waals surface area contributed by atoms with Gasteiger partial charge < -0.3 is 4.57 Å². The number of amides is 1. The molecule has 118 valence electrons. The van der Waals surface area contributed by atoms with E-state index in [9.17, 15) is 4.79 Å². The van der Waals surface area contributed by atoms with Crippen molar-refractivity contribution in [1.82, 2.24) is 4.57 Å². The van der Waals surface area contributed by atoms with Crippen molar-refractivity contribution < 1.29 is 4.79 Å². The lowest BCUT2D eigenvalue weighted by atomic mass is 10.1. The molecule has 24 heavy (non-hydrogen) atoms. The van der Waals surface area contributed by atoms with Crippen molar-refractivity contribution in [2.75, 3.05) is 0 Å². The Balaban J connectivity index is 1.77. The molecule has 0 spiro atoms. The maximum absolute atomic E-state index is 11.9. The minimum absolute atomic E-state index is 0.141. The second kappa shape index (κ2) is 6.13. The number of carbonyl (C=O) groups excluding carboxylic acids is 1. The Morgan fingerprint density at radius 3 is 2.58 bits per heavy atom. The van der Waals surface area contributed by atoms with Crippen molar-refractivity contribution in [2.45, 2.75) is 13.5 Å². The summed E-state index contributed by atoms with van der Waals surface area (Å²) < 4.78 is 2.23. The summed E-state index contributed by atoms with van der Waals surface area (Å²) in [6, 6.07) is 18.7. The maximum atomic E-state index is 11.9. The molecule has 0 atom stereocenters. The summed E-state index contributed by atoms with van der Waals surface area (Å²) in [6.45, 7) is 2.67. The lowest BCUT2D eigenvalue weighted by Crippen LogP contribution is -1.97. The van der Waals surface area contributed by atoms with E-state index in [2.05, 4.69) is 52.2 Å². The zero-order valence-corrected chi connectivity index (χ0v) is 14.1. The molecule has 4 heteroatoms. The molecule has 0 unspecified atom stereocenters. The van der Waals surface area contributed by atoms with Gasteiger partial charge in [0.1, 0.15) is 0 Å². The molecule has 0 aliphatic carbocycles. The predicted octanol–water partition coefficient (Wildman–Crippen LogP) is 4.72. The standard InChI is InChI=1S/C20H16N2OS/c1-14-21-20(23)19(24-14)11-16-13-22(12-15-7-3-2-4-8-15)18-10-6-5-9-17(16)18/h2-11,13H,12H2,1H3/b19-11-. The van der Waals surface area contributed by atoms with Gasteiger partial charge in [0, 0.05) is 29.2 Å². The summed E-state index contributed by atoms with van der Waals surface area (Å²) in [4.78, 5) is 16.6. The third-order valence-corrected chi connectivity index (χ3v) is 4.93. The highest BCUT2D eigenvalue weighted by molar-refractivity contribution is 8.18. The second-order valence-electron chi connectivity index (χ2n) is 5.76. The zero-order valence-electron chi connectivity index (χ0n) is 13.3. The first kappa shape index (κ1) is 15.0. The normalized spacial score (nSPS) is 16.1. The van der Waals surface area contributed by atoms with Gasteiger partial charge in [-0.1, -0.05) is 60.3 Å². The Morgan fingerprint density at radius 1 is 1.08 bits per heavy atom. The summed E-state index contributed by atoms with van der Waals surface area (Å²) in [5, 5.41) is 1.96. The number of nitrogens with zero attached hydrogens (tertiary/aromatic N) is 2. The lowest BCUT2D eigenvalue weighted by Gasteiger charge is -2.05. The van der Waals surface area contributed by atoms with E-state index in [4.69, 9.17) is 0 Å². The van der Waals surface area contributed by atoms with Gasteiger partial charge in [0.25, 0.3) is 5.91 Å². The van der Waals surface area contributed by atoms with Crippen LogP contribution in [0.3, 0.4) is 0 Å². The number of hydrogen-bond acceptors (Lipinski definition) is 2. The molecule has 0 saturated carbocycles. The SMILES string of the molecule is CC1=NC(=O)/C(=C/c2cn(Cc3ccccc3)c3ccccc23)S1. The van der Waals surface area contributed by atoms with Crippen LogP contribution >= 0.6 is 11.8 Å². The number of aliphatic imine (C=N–C) groups is 1. The van der Waals surface area contributed by atoms with E-state index in [-0.39, 0.29) is 5.91 Å². The van der Waals surface area contributed by atoms with Crippen molar-refractivity contribution in [3.63, 3.8) is 0 Å². The smallest absolute Gasteiger partial charge is 0.284 e. The summed E-state index contributed by atoms with van der Waals surface area (Å²) in [5.41, 5.74) is 3.48. The van der Waals surface area contributed by atoms with Gasteiger partial charge in [-0.05, 0) is 24.6 Å². The van der Waals surface area contributed by atoms with E-state index < -0.39 is 0 Å². The van der Waals surface area contributed by atoms with Gasteiger partial charge in [-0.25, -0.2) is 4.99 Å². The quantitative estimate of drug-likeness (QED) is 0.650. The number of benzene rings is 2. The average Bonchev–Trinajstić information content (AvgIpc) is 3.09. The number of aromatic nitrogens is 1. The number of hydrogen-bond donors (Lipinski definition) is 0. The van der Waals surface area contributed by atoms with Gasteiger partial charge in [0.2, 0.25) is 0 Å². The van der Waals surface area contributed by atoms with Gasteiger partial charge in [-0.3, -0.25) is 4.79 Å². The van der Waals surface area contributed by atoms with Crippen LogP contribution in [0.1, 0.15) is 18.1 Å². The van der Waals surface area contributed by atoms with Crippen molar-refractivity contribution >= 4 is 39.7 Å². The molecule has 0 N–H and O–H groups in total. The molecular formula is C20H16N2OS. The number of carbonyl (C=O) groups is 1. The minimum Gasteiger partial charge on any atom is -0.342 e. The molecule has 3 aromatic rings. The Morgan fingerprint density at radius 2 is 1.83 bits per heavy atom. The van der Waals surface area contributed by atoms with E-state index in [1.54, 1.807) is 0 Å². The van der Waals surface area contributed by atoms with Crippen LogP contribution < -0.4 is 0 Å². The van der Waals surface area contributed by atoms with Crippen LogP contribution in [0.5, 0.6) is 0 Å². The molecule has 0 fully saturated rings. The van der Waals surface area contributed by atoms with Crippen molar-refractivity contribution in [3.8, 4) is 0 Å². The molecule has 1 aromatic heterocycles. The van der Waals surface area contributed by atoms with Crippen LogP contribution in [0, 0.1) is 0 Å². The van der Waals surface area contributed by atoms with E-state index in [1.165, 1.54) is 22.8 Å². The summed E-state index contributed by atoms with van der Waals surface area (Å²) in [6.07, 6.45) is 4.07. The number of rotatable bonds is 3. The van der Waals surface area contributed by atoms with E-state index in [1.807, 2.05) is 31.2 Å². The zero-order chi connectivity index (χ0) is 16.5. The van der Waals surface area contributed by atoms with E-state index in [0.29, 0.717) is 4.91 Å². The maximum Gasteiger partial charge on any atom is 0.284 e. The Bertz CT molecular complexity index is 983. The highest BCUT2D eigenvalue weighted by Gasteiger charge is 2.19. The summed E-state index contributed by atoms with van der Waals surface area (Å²) in [7, 11) is 0. The lowest BCUT2D eigenvalue weighted by molar-refractivity contribution is -0.113. The second-order valence-corrected chi connectivity index (χ2v) is 7.00. The van der Waals surface area contributed by atoms with Crippen LogP contribution in [0.4, 0.5) is 0 Å². The third kappa shape index (κ3) is 2.81. The Kier molecular flexibility index (Phi) is 3.82. The average molecular weight is 332 g/mol. The fraction of sp³-hybridized carbons (Fsp3) is 0.100. The molecule has 3 nitrogen and oxygen atoms in total. The molecule has 2 heterocycles. The molecule has 2 aromatic carbocycles. The molecule has 0 bridgehead atoms. The topological polar surface area (TPSA) is 34.4 Å². The Hall–Kier alpha value is -2.59. The van der Waals surface area contributed by atoms with Gasteiger partial charge in [-0.15, -0.1) is 0 Å². The van der Waals surface area contributed by atoms with Crippen molar-refractivity contribution in [2.24, 2.45) is 4.99 Å². The molecule has 0 saturated heterocycles. The van der Waals surface area contributed by atoms with Gasteiger partial charge in [0.15, 0.2) is 0 Å². The third-order valence-electron chi connectivity index (χ3n) is 4.03. The molecule has 1 aliphatic rings. The van der Waals surface area contributed by atoms with Crippen LogP contribution in [0.25, 0.3) is 17.0 Å². The fourth-order valence-electron chi connectivity index (χ4n) is 2.96. The van der Waals surface area contributed by atoms with Crippen molar-refractivity contribution in [3.05, 3.63) is 76.8 Å². The Labute approximate surface area is 144 Å². The predicted molar refractivity (Wildman–Crippen MR) is 101 cm³/mol. The fourth-order valence-corrected chi connectivity index (χ4v) is 3.72. The molecule has 1 aliphatic heterocycles. The van der Waals surface area contributed by atoms with Crippen molar-refractivity contribution in [1.29, 1.82) is 0 Å². The minimum atomic E-state index is -0.141. The van der Waals surface area contributed by atoms with E-state index >= 15 is 0 Å². The highest BCUT2D eigenvalue weighted by atomic mass is 32.2. The summed E-state index contributed by atoms with van der Waals surface area (Å²) >= 11 is 1.44. The molecular weight excluding hydrogens is 316 g/mol. The van der Waals surface area contributed by atoms with Crippen LogP contribution in [0.2, 0.25) is 0 Å². The monoisotopic (exact) mass is 332 g/mol. The first-order valence-corrected chi connectivity index (χ1v) is 8.63. The summed E-state index contributed by atoms with van der Waals surface area (Å²) in [5.74, 6) is -0.141. The number of thioether (sulfide) groups is 1. The van der Waals surface area contributed by atoms with Crippen LogP contribution in [-0.4, -0.2) is 15.5 Å². The van der Waals surface area contributed by atoms with E-state index in [0.717, 1.165) is 22.5 Å². The molecule has 0 radical (unpaired) electrons.